The van der Waals surface area contributed by atoms with E-state index in [9.17, 15) is 4.79 Å². The summed E-state index contributed by atoms with van der Waals surface area (Å²) in [5.74, 6) is 0.803. The number of ether oxygens (including phenoxy) is 1. The fourth-order valence-electron chi connectivity index (χ4n) is 2.98. The van der Waals surface area contributed by atoms with Crippen LogP contribution in [0, 0.1) is 0 Å². The molecule has 0 atom stereocenters. The number of anilines is 2. The summed E-state index contributed by atoms with van der Waals surface area (Å²) in [4.78, 5) is 28.2. The van der Waals surface area contributed by atoms with Gasteiger partial charge in [0.05, 0.1) is 18.0 Å². The number of thiazole rings is 1. The summed E-state index contributed by atoms with van der Waals surface area (Å²) >= 11 is 2.99. The van der Waals surface area contributed by atoms with E-state index in [-0.39, 0.29) is 11.7 Å². The van der Waals surface area contributed by atoms with E-state index in [1.165, 1.54) is 18.1 Å². The van der Waals surface area contributed by atoms with Gasteiger partial charge in [-0.05, 0) is 31.9 Å². The maximum absolute atomic E-state index is 12.5. The van der Waals surface area contributed by atoms with Gasteiger partial charge in [0, 0.05) is 13.1 Å². The van der Waals surface area contributed by atoms with E-state index in [4.69, 9.17) is 9.72 Å². The number of para-hydroxylation sites is 2. The Kier molecular flexibility index (Phi) is 8.27. The predicted octanol–water partition coefficient (Wildman–Crippen LogP) is 4.84. The highest BCUT2D eigenvalue weighted by Crippen LogP contribution is 2.34. The Balaban J connectivity index is 1.71. The minimum absolute atomic E-state index is 0.109. The summed E-state index contributed by atoms with van der Waals surface area (Å²) in [6.45, 7) is 8.72. The van der Waals surface area contributed by atoms with E-state index in [2.05, 4.69) is 34.0 Å². The van der Waals surface area contributed by atoms with Crippen LogP contribution in [0.5, 0.6) is 5.75 Å². The minimum Gasteiger partial charge on any atom is -0.492 e. The molecule has 9 heteroatoms. The first kappa shape index (κ1) is 22.3. The normalized spacial score (nSPS) is 10.9. The van der Waals surface area contributed by atoms with Crippen LogP contribution < -0.4 is 15.0 Å². The largest absolute Gasteiger partial charge is 0.492 e. The average Bonchev–Trinajstić information content (AvgIpc) is 3.18. The summed E-state index contributed by atoms with van der Waals surface area (Å²) in [7, 11) is 0. The summed E-state index contributed by atoms with van der Waals surface area (Å²) < 4.78 is 6.50. The molecule has 0 saturated heterocycles. The number of rotatable bonds is 11. The number of nitrogens with zero attached hydrogens (tertiary/aromatic N) is 4. The molecular weight excluding hydrogens is 418 g/mol. The van der Waals surface area contributed by atoms with Crippen LogP contribution in [0.2, 0.25) is 0 Å². The third kappa shape index (κ3) is 5.60. The zero-order valence-electron chi connectivity index (χ0n) is 17.6. The molecule has 1 aromatic carbocycles. The monoisotopic (exact) mass is 445 g/mol. The highest BCUT2D eigenvalue weighted by atomic mass is 32.2. The maximum Gasteiger partial charge on any atom is 0.234 e. The van der Waals surface area contributed by atoms with E-state index in [1.807, 2.05) is 31.2 Å². The molecule has 0 fully saturated rings. The Hall–Kier alpha value is -2.39. The summed E-state index contributed by atoms with van der Waals surface area (Å²) in [6, 6.07) is 7.44. The van der Waals surface area contributed by atoms with Gasteiger partial charge < -0.3 is 15.0 Å². The van der Waals surface area contributed by atoms with E-state index in [0.717, 1.165) is 40.8 Å². The van der Waals surface area contributed by atoms with Crippen LogP contribution in [-0.4, -0.2) is 46.3 Å². The van der Waals surface area contributed by atoms with Gasteiger partial charge in [-0.25, -0.2) is 9.97 Å². The van der Waals surface area contributed by atoms with Crippen molar-refractivity contribution in [3.8, 4) is 5.75 Å². The molecule has 3 rings (SSSR count). The number of carbonyl (C=O) groups excluding carboxylic acids is 1. The lowest BCUT2D eigenvalue weighted by atomic mass is 10.3. The van der Waals surface area contributed by atoms with Gasteiger partial charge in [-0.2, -0.15) is 4.98 Å². The average molecular weight is 446 g/mol. The second-order valence-corrected chi connectivity index (χ2v) is 8.52. The Bertz CT molecular complexity index is 973. The molecule has 0 unspecified atom stereocenters. The van der Waals surface area contributed by atoms with E-state index >= 15 is 0 Å². The second-order valence-electron chi connectivity index (χ2n) is 6.58. The number of amides is 1. The number of hydrogen-bond donors (Lipinski definition) is 1. The molecular formula is C21H27N5O2S2. The van der Waals surface area contributed by atoms with Gasteiger partial charge in [-0.3, -0.25) is 4.79 Å². The van der Waals surface area contributed by atoms with Crippen molar-refractivity contribution in [3.05, 3.63) is 30.6 Å². The van der Waals surface area contributed by atoms with Crippen molar-refractivity contribution >= 4 is 50.2 Å². The molecule has 2 heterocycles. The van der Waals surface area contributed by atoms with Crippen molar-refractivity contribution in [3.63, 3.8) is 0 Å². The van der Waals surface area contributed by atoms with Crippen molar-refractivity contribution < 1.29 is 9.53 Å². The fraction of sp³-hybridized carbons (Fsp3) is 0.429. The molecule has 30 heavy (non-hydrogen) atoms. The van der Waals surface area contributed by atoms with Gasteiger partial charge in [0.15, 0.2) is 10.8 Å². The number of carbonyl (C=O) groups is 1. The lowest BCUT2D eigenvalue weighted by Crippen LogP contribution is -2.24. The Morgan fingerprint density at radius 1 is 1.17 bits per heavy atom. The van der Waals surface area contributed by atoms with Crippen LogP contribution in [-0.2, 0) is 4.79 Å². The van der Waals surface area contributed by atoms with Crippen LogP contribution in [0.25, 0.3) is 10.3 Å². The molecule has 160 valence electrons. The second kappa shape index (κ2) is 11.1. The molecule has 1 N–H and O–H groups in total. The molecule has 0 radical (unpaired) electrons. The Labute approximate surface area is 185 Å². The van der Waals surface area contributed by atoms with Crippen molar-refractivity contribution in [2.24, 2.45) is 0 Å². The van der Waals surface area contributed by atoms with Crippen LogP contribution >= 0.6 is 23.1 Å². The number of thioether (sulfide) groups is 1. The standard InChI is InChI=1S/C21H27N5O2S2/c1-4-11-26(12-5-2)21-25-19-18(30-21)20(23-14-22-19)29-13-17(27)24-15-9-7-8-10-16(15)28-6-3/h7-10,14H,4-6,11-13H2,1-3H3,(H,24,27). The smallest absolute Gasteiger partial charge is 0.234 e. The van der Waals surface area contributed by atoms with Crippen LogP contribution in [0.4, 0.5) is 10.8 Å². The predicted molar refractivity (Wildman–Crippen MR) is 125 cm³/mol. The summed E-state index contributed by atoms with van der Waals surface area (Å²) in [6.07, 6.45) is 3.64. The SMILES string of the molecule is CCCN(CCC)c1nc2ncnc(SCC(=O)Nc3ccccc3OCC)c2s1. The maximum atomic E-state index is 12.5. The third-order valence-electron chi connectivity index (χ3n) is 4.21. The lowest BCUT2D eigenvalue weighted by Gasteiger charge is -2.19. The van der Waals surface area contributed by atoms with Crippen molar-refractivity contribution in [2.75, 3.05) is 35.7 Å². The zero-order chi connectivity index (χ0) is 21.3. The quantitative estimate of drug-likeness (QED) is 0.334. The molecule has 0 aliphatic heterocycles. The van der Waals surface area contributed by atoms with Gasteiger partial charge in [0.2, 0.25) is 5.91 Å². The molecule has 0 bridgehead atoms. The molecule has 0 aliphatic carbocycles. The molecule has 0 saturated carbocycles. The third-order valence-corrected chi connectivity index (χ3v) is 6.44. The van der Waals surface area contributed by atoms with Crippen LogP contribution in [0.15, 0.2) is 35.6 Å². The van der Waals surface area contributed by atoms with Crippen LogP contribution in [0.1, 0.15) is 33.6 Å². The highest BCUT2D eigenvalue weighted by molar-refractivity contribution is 8.00. The van der Waals surface area contributed by atoms with Gasteiger partial charge >= 0.3 is 0 Å². The van der Waals surface area contributed by atoms with Gasteiger partial charge in [0.1, 0.15) is 21.8 Å². The van der Waals surface area contributed by atoms with Crippen LogP contribution in [0.3, 0.4) is 0 Å². The van der Waals surface area contributed by atoms with E-state index in [0.29, 0.717) is 23.7 Å². The number of aromatic nitrogens is 3. The molecule has 0 aliphatic rings. The van der Waals surface area contributed by atoms with E-state index < -0.39 is 0 Å². The highest BCUT2D eigenvalue weighted by Gasteiger charge is 2.16. The fourth-order valence-corrected chi connectivity index (χ4v) is 4.92. The first-order valence-electron chi connectivity index (χ1n) is 10.2. The number of nitrogens with one attached hydrogen (secondary N) is 1. The van der Waals surface area contributed by atoms with Crippen molar-refractivity contribution in [2.45, 2.75) is 38.6 Å². The Morgan fingerprint density at radius 3 is 2.67 bits per heavy atom. The molecule has 7 nitrogen and oxygen atoms in total. The molecule has 1 amide bonds. The summed E-state index contributed by atoms with van der Waals surface area (Å²) in [5.41, 5.74) is 1.36. The summed E-state index contributed by atoms with van der Waals surface area (Å²) in [5, 5.41) is 4.67. The zero-order valence-corrected chi connectivity index (χ0v) is 19.2. The number of fused-ring (bicyclic) bond motifs is 1. The van der Waals surface area contributed by atoms with Crippen molar-refractivity contribution in [1.82, 2.24) is 15.0 Å². The lowest BCUT2D eigenvalue weighted by molar-refractivity contribution is -0.113. The number of hydrogen-bond acceptors (Lipinski definition) is 8. The number of benzene rings is 1. The van der Waals surface area contributed by atoms with Gasteiger partial charge in [-0.15, -0.1) is 0 Å². The molecule has 0 spiro atoms. The molecule has 2 aromatic heterocycles. The molecule has 3 aromatic rings. The van der Waals surface area contributed by atoms with Gasteiger partial charge in [-0.1, -0.05) is 49.1 Å². The van der Waals surface area contributed by atoms with Gasteiger partial charge in [0.25, 0.3) is 0 Å². The van der Waals surface area contributed by atoms with Crippen molar-refractivity contribution in [1.29, 1.82) is 0 Å². The minimum atomic E-state index is -0.109. The Morgan fingerprint density at radius 2 is 1.93 bits per heavy atom. The first-order valence-corrected chi connectivity index (χ1v) is 12.0. The first-order chi connectivity index (χ1) is 14.7. The topological polar surface area (TPSA) is 80.2 Å². The van der Waals surface area contributed by atoms with E-state index in [1.54, 1.807) is 11.3 Å².